The number of hydrogen-bond acceptors (Lipinski definition) is 3. The zero-order chi connectivity index (χ0) is 8.81. The zero-order valence-electron chi connectivity index (χ0n) is 7.71. The Morgan fingerprint density at radius 1 is 1.50 bits per heavy atom. The van der Waals surface area contributed by atoms with Gasteiger partial charge >= 0.3 is 0 Å². The highest BCUT2D eigenvalue weighted by Gasteiger charge is 2.18. The number of aliphatic hydroxyl groups is 1. The van der Waals surface area contributed by atoms with Gasteiger partial charge in [0.2, 0.25) is 0 Å². The molecule has 3 nitrogen and oxygen atoms in total. The third-order valence-corrected chi connectivity index (χ3v) is 2.59. The van der Waals surface area contributed by atoms with Gasteiger partial charge in [0.1, 0.15) is 0 Å². The van der Waals surface area contributed by atoms with E-state index in [1.165, 1.54) is 12.8 Å². The summed E-state index contributed by atoms with van der Waals surface area (Å²) < 4.78 is 0. The van der Waals surface area contributed by atoms with Crippen LogP contribution in [0, 0.1) is 5.92 Å². The number of likely N-dealkylation sites (tertiary alicyclic amines) is 1. The number of nitrogens with two attached hydrogens (primary N) is 1. The summed E-state index contributed by atoms with van der Waals surface area (Å²) in [5, 5.41) is 8.77. The van der Waals surface area contributed by atoms with E-state index >= 15 is 0 Å². The smallest absolute Gasteiger partial charge is 0.0558 e. The fraction of sp³-hybridized carbons (Fsp3) is 1.00. The van der Waals surface area contributed by atoms with Gasteiger partial charge in [0, 0.05) is 13.1 Å². The highest BCUT2D eigenvalue weighted by atomic mass is 16.3. The van der Waals surface area contributed by atoms with Crippen LogP contribution in [0.25, 0.3) is 0 Å². The van der Waals surface area contributed by atoms with Crippen molar-refractivity contribution >= 4 is 0 Å². The molecule has 0 saturated carbocycles. The van der Waals surface area contributed by atoms with Crippen molar-refractivity contribution in [3.8, 4) is 0 Å². The van der Waals surface area contributed by atoms with Crippen LogP contribution in [0.1, 0.15) is 19.3 Å². The van der Waals surface area contributed by atoms with E-state index < -0.39 is 0 Å². The minimum absolute atomic E-state index is 0.287. The quantitative estimate of drug-likeness (QED) is 0.629. The van der Waals surface area contributed by atoms with Crippen LogP contribution in [-0.4, -0.2) is 42.8 Å². The molecule has 3 heteroatoms. The van der Waals surface area contributed by atoms with E-state index in [1.807, 2.05) is 0 Å². The topological polar surface area (TPSA) is 49.5 Å². The molecule has 12 heavy (non-hydrogen) atoms. The van der Waals surface area contributed by atoms with Crippen molar-refractivity contribution in [1.29, 1.82) is 0 Å². The molecule has 0 spiro atoms. The van der Waals surface area contributed by atoms with Crippen LogP contribution in [0.5, 0.6) is 0 Å². The lowest BCUT2D eigenvalue weighted by Crippen LogP contribution is -2.37. The van der Waals surface area contributed by atoms with Gasteiger partial charge in [-0.3, -0.25) is 0 Å². The predicted octanol–water partition coefficient (Wildman–Crippen LogP) is 0.0395. The fourth-order valence-corrected chi connectivity index (χ4v) is 1.97. The van der Waals surface area contributed by atoms with Crippen molar-refractivity contribution in [3.05, 3.63) is 0 Å². The summed E-state index contributed by atoms with van der Waals surface area (Å²) in [6.45, 7) is 4.22. The Morgan fingerprint density at radius 3 is 3.00 bits per heavy atom. The standard InChI is InChI=1S/C9H20N2O/c10-4-3-9-2-1-5-11(8-9)6-7-12/h9,12H,1-8,10H2. The maximum atomic E-state index is 8.77. The molecule has 72 valence electrons. The summed E-state index contributed by atoms with van der Waals surface area (Å²) in [6, 6.07) is 0. The Hall–Kier alpha value is -0.120. The van der Waals surface area contributed by atoms with Crippen LogP contribution in [-0.2, 0) is 0 Å². The molecule has 1 aliphatic heterocycles. The Morgan fingerprint density at radius 2 is 2.33 bits per heavy atom. The summed E-state index contributed by atoms with van der Waals surface area (Å²) in [5.74, 6) is 0.773. The van der Waals surface area contributed by atoms with E-state index in [4.69, 9.17) is 10.8 Å². The third kappa shape index (κ3) is 3.09. The van der Waals surface area contributed by atoms with Gasteiger partial charge in [-0.25, -0.2) is 0 Å². The molecule has 1 rings (SSSR count). The number of hydrogen-bond donors (Lipinski definition) is 2. The van der Waals surface area contributed by atoms with Crippen LogP contribution >= 0.6 is 0 Å². The minimum Gasteiger partial charge on any atom is -0.395 e. The number of rotatable bonds is 4. The average molecular weight is 172 g/mol. The molecule has 0 bridgehead atoms. The molecule has 0 radical (unpaired) electrons. The first kappa shape index (κ1) is 9.96. The second kappa shape index (κ2) is 5.51. The molecule has 1 fully saturated rings. The largest absolute Gasteiger partial charge is 0.395 e. The maximum Gasteiger partial charge on any atom is 0.0558 e. The van der Waals surface area contributed by atoms with Crippen molar-refractivity contribution in [1.82, 2.24) is 4.90 Å². The first-order valence-corrected chi connectivity index (χ1v) is 4.90. The van der Waals surface area contributed by atoms with Crippen molar-refractivity contribution in [2.75, 3.05) is 32.8 Å². The average Bonchev–Trinajstić information content (AvgIpc) is 2.06. The van der Waals surface area contributed by atoms with E-state index in [1.54, 1.807) is 0 Å². The zero-order valence-corrected chi connectivity index (χ0v) is 7.71. The molecule has 1 heterocycles. The van der Waals surface area contributed by atoms with E-state index in [0.29, 0.717) is 0 Å². The molecule has 0 aliphatic carbocycles. The van der Waals surface area contributed by atoms with Crippen LogP contribution < -0.4 is 5.73 Å². The summed E-state index contributed by atoms with van der Waals surface area (Å²) in [6.07, 6.45) is 3.73. The van der Waals surface area contributed by atoms with Crippen molar-refractivity contribution in [2.45, 2.75) is 19.3 Å². The summed E-state index contributed by atoms with van der Waals surface area (Å²) in [4.78, 5) is 2.34. The van der Waals surface area contributed by atoms with Gasteiger partial charge in [-0.1, -0.05) is 0 Å². The summed E-state index contributed by atoms with van der Waals surface area (Å²) in [5.41, 5.74) is 5.51. The fourth-order valence-electron chi connectivity index (χ4n) is 1.97. The van der Waals surface area contributed by atoms with Crippen LogP contribution in [0.3, 0.4) is 0 Å². The molecule has 1 atom stereocenters. The Labute approximate surface area is 74.5 Å². The Balaban J connectivity index is 2.20. The van der Waals surface area contributed by atoms with E-state index in [0.717, 1.165) is 38.5 Å². The molecule has 1 aliphatic rings. The lowest BCUT2D eigenvalue weighted by molar-refractivity contribution is 0.137. The molecule has 0 amide bonds. The molecule has 1 saturated heterocycles. The maximum absolute atomic E-state index is 8.77. The molecule has 0 aromatic carbocycles. The van der Waals surface area contributed by atoms with Gasteiger partial charge < -0.3 is 15.7 Å². The van der Waals surface area contributed by atoms with Gasteiger partial charge in [0.25, 0.3) is 0 Å². The first-order valence-electron chi connectivity index (χ1n) is 4.90. The Kier molecular flexibility index (Phi) is 4.58. The highest BCUT2D eigenvalue weighted by Crippen LogP contribution is 2.18. The van der Waals surface area contributed by atoms with Crippen molar-refractivity contribution < 1.29 is 5.11 Å². The molecular formula is C9H20N2O. The lowest BCUT2D eigenvalue weighted by Gasteiger charge is -2.31. The summed E-state index contributed by atoms with van der Waals surface area (Å²) >= 11 is 0. The van der Waals surface area contributed by atoms with Crippen LogP contribution in [0.2, 0.25) is 0 Å². The van der Waals surface area contributed by atoms with Gasteiger partial charge in [0.15, 0.2) is 0 Å². The van der Waals surface area contributed by atoms with Gasteiger partial charge in [-0.15, -0.1) is 0 Å². The van der Waals surface area contributed by atoms with Gasteiger partial charge in [-0.2, -0.15) is 0 Å². The van der Waals surface area contributed by atoms with Crippen molar-refractivity contribution in [2.24, 2.45) is 11.7 Å². The first-order chi connectivity index (χ1) is 5.86. The third-order valence-electron chi connectivity index (χ3n) is 2.59. The predicted molar refractivity (Wildman–Crippen MR) is 49.9 cm³/mol. The molecular weight excluding hydrogens is 152 g/mol. The lowest BCUT2D eigenvalue weighted by atomic mass is 9.95. The minimum atomic E-state index is 0.287. The monoisotopic (exact) mass is 172 g/mol. The van der Waals surface area contributed by atoms with Crippen molar-refractivity contribution in [3.63, 3.8) is 0 Å². The second-order valence-corrected chi connectivity index (χ2v) is 3.61. The van der Waals surface area contributed by atoms with Gasteiger partial charge in [-0.05, 0) is 38.3 Å². The number of nitrogens with zero attached hydrogens (tertiary/aromatic N) is 1. The van der Waals surface area contributed by atoms with Crippen LogP contribution in [0.4, 0.5) is 0 Å². The SMILES string of the molecule is NCCC1CCCN(CCO)C1. The number of piperidine rings is 1. The highest BCUT2D eigenvalue weighted by molar-refractivity contribution is 4.72. The summed E-state index contributed by atoms with van der Waals surface area (Å²) in [7, 11) is 0. The Bertz CT molecular complexity index is 103. The van der Waals surface area contributed by atoms with E-state index in [9.17, 15) is 0 Å². The van der Waals surface area contributed by atoms with E-state index in [-0.39, 0.29) is 6.61 Å². The molecule has 0 aromatic heterocycles. The molecule has 1 unspecified atom stereocenters. The molecule has 3 N–H and O–H groups in total. The number of aliphatic hydroxyl groups excluding tert-OH is 1. The molecule has 0 aromatic rings. The number of β-amino-alcohol motifs (C(OH)–C–C–N with tert-alkyl or cyclic N) is 1. The van der Waals surface area contributed by atoms with Crippen LogP contribution in [0.15, 0.2) is 0 Å². The normalized spacial score (nSPS) is 26.0. The van der Waals surface area contributed by atoms with Gasteiger partial charge in [0.05, 0.1) is 6.61 Å². The second-order valence-electron chi connectivity index (χ2n) is 3.61. The van der Waals surface area contributed by atoms with E-state index in [2.05, 4.69) is 4.90 Å².